The maximum atomic E-state index is 12.0. The Balaban J connectivity index is 1.83. The second-order valence-electron chi connectivity index (χ2n) is 4.54. The molecule has 1 aliphatic heterocycles. The monoisotopic (exact) mass is 264 g/mol. The fraction of sp³-hybridized carbons (Fsp3) is 0.500. The first kappa shape index (κ1) is 13.4. The van der Waals surface area contributed by atoms with E-state index >= 15 is 0 Å². The SMILES string of the molecule is CSCCCNC(=O)C1Cc2ccccc2CN1. The first-order valence-electron chi connectivity index (χ1n) is 6.38. The molecule has 0 saturated carbocycles. The second kappa shape index (κ2) is 6.81. The Kier molecular flexibility index (Phi) is 5.08. The maximum Gasteiger partial charge on any atom is 0.237 e. The van der Waals surface area contributed by atoms with Gasteiger partial charge in [-0.05, 0) is 36.0 Å². The number of fused-ring (bicyclic) bond motifs is 1. The molecule has 3 nitrogen and oxygen atoms in total. The van der Waals surface area contributed by atoms with E-state index < -0.39 is 0 Å². The van der Waals surface area contributed by atoms with Gasteiger partial charge in [0, 0.05) is 13.1 Å². The van der Waals surface area contributed by atoms with Crippen LogP contribution in [-0.2, 0) is 17.8 Å². The second-order valence-corrected chi connectivity index (χ2v) is 5.53. The van der Waals surface area contributed by atoms with E-state index in [1.807, 2.05) is 23.9 Å². The first-order valence-corrected chi connectivity index (χ1v) is 7.77. The molecule has 98 valence electrons. The van der Waals surface area contributed by atoms with Crippen LogP contribution in [0.3, 0.4) is 0 Å². The van der Waals surface area contributed by atoms with Crippen molar-refractivity contribution in [1.29, 1.82) is 0 Å². The molecule has 0 radical (unpaired) electrons. The molecule has 1 unspecified atom stereocenters. The minimum absolute atomic E-state index is 0.0748. The Morgan fingerprint density at radius 3 is 3.00 bits per heavy atom. The zero-order valence-electron chi connectivity index (χ0n) is 10.7. The van der Waals surface area contributed by atoms with Crippen molar-refractivity contribution in [2.24, 2.45) is 0 Å². The third kappa shape index (κ3) is 3.50. The Hall–Kier alpha value is -1.00. The minimum atomic E-state index is -0.0748. The van der Waals surface area contributed by atoms with Crippen molar-refractivity contribution in [3.63, 3.8) is 0 Å². The van der Waals surface area contributed by atoms with Gasteiger partial charge in [0.25, 0.3) is 0 Å². The molecule has 1 aromatic rings. The Morgan fingerprint density at radius 2 is 2.22 bits per heavy atom. The Bertz CT molecular complexity index is 409. The standard InChI is InChI=1S/C14H20N2OS/c1-18-8-4-7-15-14(17)13-9-11-5-2-3-6-12(11)10-16-13/h2-3,5-6,13,16H,4,7-10H2,1H3,(H,15,17). The van der Waals surface area contributed by atoms with Gasteiger partial charge < -0.3 is 10.6 Å². The quantitative estimate of drug-likeness (QED) is 0.793. The zero-order chi connectivity index (χ0) is 12.8. The van der Waals surface area contributed by atoms with Crippen LogP contribution in [0.1, 0.15) is 17.5 Å². The van der Waals surface area contributed by atoms with Crippen LogP contribution in [0.2, 0.25) is 0 Å². The van der Waals surface area contributed by atoms with Crippen LogP contribution in [0.5, 0.6) is 0 Å². The van der Waals surface area contributed by atoms with E-state index in [-0.39, 0.29) is 11.9 Å². The average molecular weight is 264 g/mol. The molecule has 0 spiro atoms. The van der Waals surface area contributed by atoms with Crippen molar-refractivity contribution in [2.45, 2.75) is 25.4 Å². The highest BCUT2D eigenvalue weighted by Gasteiger charge is 2.23. The molecule has 0 bridgehead atoms. The summed E-state index contributed by atoms with van der Waals surface area (Å²) in [6.45, 7) is 1.57. The Labute approximate surface area is 113 Å². The molecule has 1 heterocycles. The normalized spacial score (nSPS) is 18.2. The molecular formula is C14H20N2OS. The topological polar surface area (TPSA) is 41.1 Å². The molecule has 0 fully saturated rings. The fourth-order valence-corrected chi connectivity index (χ4v) is 2.62. The first-order chi connectivity index (χ1) is 8.81. The maximum absolute atomic E-state index is 12.0. The molecule has 18 heavy (non-hydrogen) atoms. The molecule has 1 aliphatic rings. The highest BCUT2D eigenvalue weighted by Crippen LogP contribution is 2.16. The number of carbonyl (C=O) groups excluding carboxylic acids is 1. The van der Waals surface area contributed by atoms with E-state index in [9.17, 15) is 4.79 Å². The van der Waals surface area contributed by atoms with Crippen LogP contribution in [0, 0.1) is 0 Å². The third-order valence-electron chi connectivity index (χ3n) is 3.22. The van der Waals surface area contributed by atoms with E-state index in [1.54, 1.807) is 0 Å². The van der Waals surface area contributed by atoms with Gasteiger partial charge in [-0.2, -0.15) is 11.8 Å². The van der Waals surface area contributed by atoms with Crippen LogP contribution in [0.4, 0.5) is 0 Å². The summed E-state index contributed by atoms with van der Waals surface area (Å²) in [5.41, 5.74) is 2.60. The van der Waals surface area contributed by atoms with Crippen LogP contribution in [0.25, 0.3) is 0 Å². The highest BCUT2D eigenvalue weighted by molar-refractivity contribution is 7.98. The number of thioether (sulfide) groups is 1. The fourth-order valence-electron chi connectivity index (χ4n) is 2.19. The van der Waals surface area contributed by atoms with E-state index in [4.69, 9.17) is 0 Å². The molecule has 1 atom stereocenters. The average Bonchev–Trinajstić information content (AvgIpc) is 2.43. The van der Waals surface area contributed by atoms with Crippen LogP contribution in [0.15, 0.2) is 24.3 Å². The smallest absolute Gasteiger partial charge is 0.237 e. The van der Waals surface area contributed by atoms with E-state index in [1.165, 1.54) is 11.1 Å². The minimum Gasteiger partial charge on any atom is -0.355 e. The van der Waals surface area contributed by atoms with Gasteiger partial charge in [0.1, 0.15) is 0 Å². The largest absolute Gasteiger partial charge is 0.355 e. The lowest BCUT2D eigenvalue weighted by atomic mass is 9.95. The molecule has 0 saturated heterocycles. The molecule has 1 aromatic carbocycles. The lowest BCUT2D eigenvalue weighted by Gasteiger charge is -2.25. The number of nitrogens with one attached hydrogen (secondary N) is 2. The lowest BCUT2D eigenvalue weighted by molar-refractivity contribution is -0.123. The van der Waals surface area contributed by atoms with Crippen molar-refractivity contribution in [2.75, 3.05) is 18.6 Å². The van der Waals surface area contributed by atoms with Gasteiger partial charge in [0.2, 0.25) is 5.91 Å². The predicted molar refractivity (Wildman–Crippen MR) is 76.8 cm³/mol. The van der Waals surface area contributed by atoms with Gasteiger partial charge in [-0.25, -0.2) is 0 Å². The van der Waals surface area contributed by atoms with E-state index in [0.29, 0.717) is 0 Å². The van der Waals surface area contributed by atoms with E-state index in [2.05, 4.69) is 29.0 Å². The summed E-state index contributed by atoms with van der Waals surface area (Å²) >= 11 is 1.81. The van der Waals surface area contributed by atoms with E-state index in [0.717, 1.165) is 31.7 Å². The molecule has 0 aromatic heterocycles. The molecule has 2 N–H and O–H groups in total. The molecule has 1 amide bonds. The summed E-state index contributed by atoms with van der Waals surface area (Å²) in [7, 11) is 0. The molecule has 4 heteroatoms. The number of benzene rings is 1. The number of amides is 1. The summed E-state index contributed by atoms with van der Waals surface area (Å²) in [5.74, 6) is 1.23. The van der Waals surface area contributed by atoms with Gasteiger partial charge in [-0.3, -0.25) is 4.79 Å². The van der Waals surface area contributed by atoms with Gasteiger partial charge in [-0.1, -0.05) is 24.3 Å². The molecular weight excluding hydrogens is 244 g/mol. The summed E-state index contributed by atoms with van der Waals surface area (Å²) < 4.78 is 0. The number of hydrogen-bond donors (Lipinski definition) is 2. The number of carbonyl (C=O) groups is 1. The Morgan fingerprint density at radius 1 is 1.44 bits per heavy atom. The highest BCUT2D eigenvalue weighted by atomic mass is 32.2. The van der Waals surface area contributed by atoms with Crippen LogP contribution < -0.4 is 10.6 Å². The molecule has 0 aliphatic carbocycles. The van der Waals surface area contributed by atoms with Crippen molar-refractivity contribution >= 4 is 17.7 Å². The predicted octanol–water partition coefficient (Wildman–Crippen LogP) is 1.57. The van der Waals surface area contributed by atoms with Gasteiger partial charge in [-0.15, -0.1) is 0 Å². The summed E-state index contributed by atoms with van der Waals surface area (Å²) in [4.78, 5) is 12.0. The van der Waals surface area contributed by atoms with Crippen molar-refractivity contribution in [1.82, 2.24) is 10.6 Å². The van der Waals surface area contributed by atoms with Crippen LogP contribution >= 0.6 is 11.8 Å². The summed E-state index contributed by atoms with van der Waals surface area (Å²) in [6, 6.07) is 8.24. The number of hydrogen-bond acceptors (Lipinski definition) is 3. The summed E-state index contributed by atoms with van der Waals surface area (Å²) in [6.07, 6.45) is 3.92. The van der Waals surface area contributed by atoms with Gasteiger partial charge >= 0.3 is 0 Å². The number of rotatable bonds is 5. The molecule has 2 rings (SSSR count). The third-order valence-corrected chi connectivity index (χ3v) is 3.92. The van der Waals surface area contributed by atoms with Crippen molar-refractivity contribution in [3.8, 4) is 0 Å². The van der Waals surface area contributed by atoms with Crippen molar-refractivity contribution < 1.29 is 4.79 Å². The van der Waals surface area contributed by atoms with Gasteiger partial charge in [0.15, 0.2) is 0 Å². The summed E-state index contributed by atoms with van der Waals surface area (Å²) in [5, 5.41) is 6.30. The van der Waals surface area contributed by atoms with Crippen molar-refractivity contribution in [3.05, 3.63) is 35.4 Å². The lowest BCUT2D eigenvalue weighted by Crippen LogP contribution is -2.47. The van der Waals surface area contributed by atoms with Crippen LogP contribution in [-0.4, -0.2) is 30.5 Å². The zero-order valence-corrected chi connectivity index (χ0v) is 11.6. The van der Waals surface area contributed by atoms with Gasteiger partial charge in [0.05, 0.1) is 6.04 Å².